The van der Waals surface area contributed by atoms with Crippen LogP contribution in [0.25, 0.3) is 11.0 Å². The van der Waals surface area contributed by atoms with Gasteiger partial charge in [0.05, 0.1) is 22.9 Å². The molecule has 1 N–H and O–H groups in total. The molecule has 0 saturated carbocycles. The van der Waals surface area contributed by atoms with Crippen molar-refractivity contribution in [1.29, 1.82) is 0 Å². The molecule has 0 radical (unpaired) electrons. The Kier molecular flexibility index (Phi) is 3.46. The largest absolute Gasteiger partial charge is 0.478 e. The van der Waals surface area contributed by atoms with Gasteiger partial charge in [0, 0.05) is 13.0 Å². The normalized spacial score (nSPS) is 11.9. The Morgan fingerprint density at radius 2 is 2.11 bits per heavy atom. The second-order valence-electron chi connectivity index (χ2n) is 4.14. The van der Waals surface area contributed by atoms with E-state index in [1.807, 2.05) is 0 Å². The van der Waals surface area contributed by atoms with Crippen LogP contribution in [0.2, 0.25) is 0 Å². The number of para-hydroxylation sites is 1. The molecule has 102 valence electrons. The third kappa shape index (κ3) is 3.04. The summed E-state index contributed by atoms with van der Waals surface area (Å²) in [6.07, 6.45) is -3.84. The van der Waals surface area contributed by atoms with Gasteiger partial charge in [-0.25, -0.2) is 9.78 Å². The number of fused-ring (bicyclic) bond motifs is 1. The number of aromatic carboxylic acids is 1. The number of carbonyl (C=O) groups is 1. The lowest BCUT2D eigenvalue weighted by molar-refractivity contribution is -0.135. The van der Waals surface area contributed by atoms with Gasteiger partial charge in [-0.15, -0.1) is 0 Å². The molecule has 0 aliphatic heterocycles. The van der Waals surface area contributed by atoms with Crippen LogP contribution in [0.1, 0.15) is 23.2 Å². The van der Waals surface area contributed by atoms with E-state index in [0.29, 0.717) is 11.0 Å². The second kappa shape index (κ2) is 4.91. The number of halogens is 3. The molecular formula is C12H11F3N2O2. The van der Waals surface area contributed by atoms with Crippen molar-refractivity contribution < 1.29 is 23.1 Å². The Morgan fingerprint density at radius 1 is 1.37 bits per heavy atom. The minimum atomic E-state index is -4.20. The monoisotopic (exact) mass is 272 g/mol. The van der Waals surface area contributed by atoms with Crippen molar-refractivity contribution in [3.8, 4) is 0 Å². The van der Waals surface area contributed by atoms with Crippen LogP contribution >= 0.6 is 0 Å². The third-order valence-electron chi connectivity index (χ3n) is 2.73. The Balaban J connectivity index is 2.26. The molecule has 2 aromatic rings. The van der Waals surface area contributed by atoms with Crippen LogP contribution in [0.5, 0.6) is 0 Å². The van der Waals surface area contributed by atoms with E-state index in [-0.39, 0.29) is 18.5 Å². The van der Waals surface area contributed by atoms with Gasteiger partial charge in [-0.1, -0.05) is 6.07 Å². The molecule has 4 nitrogen and oxygen atoms in total. The van der Waals surface area contributed by atoms with E-state index in [0.717, 1.165) is 0 Å². The summed E-state index contributed by atoms with van der Waals surface area (Å²) < 4.78 is 37.7. The average molecular weight is 272 g/mol. The topological polar surface area (TPSA) is 55.1 Å². The van der Waals surface area contributed by atoms with Crippen molar-refractivity contribution >= 4 is 17.0 Å². The number of hydrogen-bond donors (Lipinski definition) is 1. The molecule has 0 atom stereocenters. The van der Waals surface area contributed by atoms with Crippen molar-refractivity contribution in [3.63, 3.8) is 0 Å². The zero-order valence-electron chi connectivity index (χ0n) is 9.81. The van der Waals surface area contributed by atoms with Crippen LogP contribution in [-0.2, 0) is 6.54 Å². The standard InChI is InChI=1S/C12H11F3N2O2/c13-12(14,15)5-2-6-17-7-16-9-4-1-3-8(10(9)17)11(18)19/h1,3-4,7H,2,5-6H2,(H,18,19). The van der Waals surface area contributed by atoms with Gasteiger partial charge in [-0.3, -0.25) is 0 Å². The number of aromatic nitrogens is 2. The molecule has 0 aliphatic rings. The molecular weight excluding hydrogens is 261 g/mol. The molecule has 0 unspecified atom stereocenters. The molecule has 0 fully saturated rings. The fraction of sp³-hybridized carbons (Fsp3) is 0.333. The zero-order valence-corrected chi connectivity index (χ0v) is 9.81. The van der Waals surface area contributed by atoms with Crippen LogP contribution in [-0.4, -0.2) is 26.8 Å². The summed E-state index contributed by atoms with van der Waals surface area (Å²) in [6, 6.07) is 4.59. The summed E-state index contributed by atoms with van der Waals surface area (Å²) in [4.78, 5) is 15.1. The van der Waals surface area contributed by atoms with Gasteiger partial charge >= 0.3 is 12.1 Å². The van der Waals surface area contributed by atoms with E-state index in [1.165, 1.54) is 17.0 Å². The maximum atomic E-state index is 12.1. The number of nitrogens with zero attached hydrogens (tertiary/aromatic N) is 2. The molecule has 1 aromatic carbocycles. The number of imidazole rings is 1. The summed E-state index contributed by atoms with van der Waals surface area (Å²) in [6.45, 7) is 0.0836. The lowest BCUT2D eigenvalue weighted by Gasteiger charge is -2.08. The number of carboxylic acid groups (broad SMARTS) is 1. The van der Waals surface area contributed by atoms with Crippen LogP contribution in [0.4, 0.5) is 13.2 Å². The smallest absolute Gasteiger partial charge is 0.389 e. The highest BCUT2D eigenvalue weighted by Gasteiger charge is 2.26. The molecule has 0 saturated heterocycles. The lowest BCUT2D eigenvalue weighted by atomic mass is 10.2. The maximum Gasteiger partial charge on any atom is 0.389 e. The van der Waals surface area contributed by atoms with E-state index < -0.39 is 18.6 Å². The minimum absolute atomic E-state index is 0.0435. The highest BCUT2D eigenvalue weighted by atomic mass is 19.4. The van der Waals surface area contributed by atoms with E-state index in [2.05, 4.69) is 4.98 Å². The molecule has 0 bridgehead atoms. The van der Waals surface area contributed by atoms with Crippen molar-refractivity contribution in [3.05, 3.63) is 30.1 Å². The summed E-state index contributed by atoms with van der Waals surface area (Å²) in [7, 11) is 0. The fourth-order valence-electron chi connectivity index (χ4n) is 1.92. The highest BCUT2D eigenvalue weighted by Crippen LogP contribution is 2.23. The van der Waals surface area contributed by atoms with E-state index >= 15 is 0 Å². The molecule has 1 aromatic heterocycles. The van der Waals surface area contributed by atoms with E-state index in [1.54, 1.807) is 12.1 Å². The summed E-state index contributed by atoms with van der Waals surface area (Å²) >= 11 is 0. The quantitative estimate of drug-likeness (QED) is 0.930. The van der Waals surface area contributed by atoms with Crippen molar-refractivity contribution in [2.75, 3.05) is 0 Å². The first-order valence-electron chi connectivity index (χ1n) is 5.62. The number of alkyl halides is 3. The zero-order chi connectivity index (χ0) is 14.0. The number of rotatable bonds is 4. The number of aryl methyl sites for hydroxylation is 1. The van der Waals surface area contributed by atoms with E-state index in [9.17, 15) is 18.0 Å². The van der Waals surface area contributed by atoms with Gasteiger partial charge in [0.15, 0.2) is 0 Å². The maximum absolute atomic E-state index is 12.1. The Labute approximate surface area is 106 Å². The second-order valence-corrected chi connectivity index (χ2v) is 4.14. The molecule has 0 spiro atoms. The first-order valence-corrected chi connectivity index (χ1v) is 5.62. The SMILES string of the molecule is O=C(O)c1cccc2ncn(CCCC(F)(F)F)c12. The van der Waals surface area contributed by atoms with Gasteiger partial charge in [-0.2, -0.15) is 13.2 Å². The molecule has 2 rings (SSSR count). The Bertz CT molecular complexity index is 605. The van der Waals surface area contributed by atoms with Crippen LogP contribution in [0, 0.1) is 0 Å². The molecule has 1 heterocycles. The molecule has 7 heteroatoms. The van der Waals surface area contributed by atoms with Crippen molar-refractivity contribution in [1.82, 2.24) is 9.55 Å². The Morgan fingerprint density at radius 3 is 2.74 bits per heavy atom. The first-order chi connectivity index (χ1) is 8.88. The van der Waals surface area contributed by atoms with Gasteiger partial charge in [0.2, 0.25) is 0 Å². The summed E-state index contributed by atoms with van der Waals surface area (Å²) in [5.74, 6) is -1.12. The average Bonchev–Trinajstić information content (AvgIpc) is 2.70. The highest BCUT2D eigenvalue weighted by molar-refractivity contribution is 6.01. The van der Waals surface area contributed by atoms with Crippen LogP contribution in [0.3, 0.4) is 0 Å². The minimum Gasteiger partial charge on any atom is -0.478 e. The number of benzene rings is 1. The number of hydrogen-bond acceptors (Lipinski definition) is 2. The van der Waals surface area contributed by atoms with Gasteiger partial charge in [0.1, 0.15) is 0 Å². The molecule has 0 amide bonds. The summed E-state index contributed by atoms with van der Waals surface area (Å²) in [5, 5.41) is 9.06. The predicted molar refractivity (Wildman–Crippen MR) is 62.0 cm³/mol. The van der Waals surface area contributed by atoms with Crippen molar-refractivity contribution in [2.24, 2.45) is 0 Å². The summed E-state index contributed by atoms with van der Waals surface area (Å²) in [5.41, 5.74) is 0.867. The lowest BCUT2D eigenvalue weighted by Crippen LogP contribution is -2.09. The Hall–Kier alpha value is -2.05. The molecule has 19 heavy (non-hydrogen) atoms. The first kappa shape index (κ1) is 13.4. The van der Waals surface area contributed by atoms with Gasteiger partial charge in [0.25, 0.3) is 0 Å². The van der Waals surface area contributed by atoms with Crippen LogP contribution in [0.15, 0.2) is 24.5 Å². The van der Waals surface area contributed by atoms with Crippen molar-refractivity contribution in [2.45, 2.75) is 25.6 Å². The van der Waals surface area contributed by atoms with Crippen LogP contribution < -0.4 is 0 Å². The fourth-order valence-corrected chi connectivity index (χ4v) is 1.92. The molecule has 0 aliphatic carbocycles. The third-order valence-corrected chi connectivity index (χ3v) is 2.73. The van der Waals surface area contributed by atoms with Gasteiger partial charge in [-0.05, 0) is 18.6 Å². The van der Waals surface area contributed by atoms with Gasteiger partial charge < -0.3 is 9.67 Å². The van der Waals surface area contributed by atoms with E-state index in [4.69, 9.17) is 5.11 Å². The predicted octanol–water partition coefficient (Wildman–Crippen LogP) is 3.08. The number of carboxylic acids is 1.